The molecule has 0 aromatic carbocycles. The predicted octanol–water partition coefficient (Wildman–Crippen LogP) is 1.90. The van der Waals surface area contributed by atoms with Gasteiger partial charge >= 0.3 is 5.97 Å². The lowest BCUT2D eigenvalue weighted by atomic mass is 9.46. The van der Waals surface area contributed by atoms with Crippen LogP contribution >= 0.6 is 0 Å². The minimum atomic E-state index is -1.10. The van der Waals surface area contributed by atoms with E-state index in [1.54, 1.807) is 12.2 Å². The Hall–Kier alpha value is -1.83. The molecular weight excluding hydrogens is 398 g/mol. The third-order valence-corrected chi connectivity index (χ3v) is 9.23. The molecule has 3 unspecified atom stereocenters. The molecule has 31 heavy (non-hydrogen) atoms. The molecule has 0 bridgehead atoms. The average Bonchev–Trinajstić information content (AvgIpc) is 3.23. The van der Waals surface area contributed by atoms with Crippen LogP contribution in [0.15, 0.2) is 23.8 Å². The summed E-state index contributed by atoms with van der Waals surface area (Å²) in [4.78, 5) is 42.8. The number of fused-ring (bicyclic) bond motifs is 7. The van der Waals surface area contributed by atoms with Gasteiger partial charge in [0.05, 0.1) is 6.10 Å². The Bertz CT molecular complexity index is 910. The van der Waals surface area contributed by atoms with E-state index in [1.165, 1.54) is 6.92 Å². The van der Waals surface area contributed by atoms with Gasteiger partial charge in [-0.05, 0) is 49.7 Å². The van der Waals surface area contributed by atoms with Crippen LogP contribution in [0.25, 0.3) is 0 Å². The highest BCUT2D eigenvalue weighted by molar-refractivity contribution is 6.01. The molecule has 0 spiro atoms. The maximum atomic E-state index is 13.4. The zero-order valence-electron chi connectivity index (χ0n) is 18.3. The van der Waals surface area contributed by atoms with Crippen molar-refractivity contribution in [3.05, 3.63) is 23.8 Å². The molecule has 2 N–H and O–H groups in total. The summed E-state index contributed by atoms with van der Waals surface area (Å²) >= 11 is 0. The van der Waals surface area contributed by atoms with E-state index in [0.29, 0.717) is 13.0 Å². The molecule has 1 saturated heterocycles. The molecule has 4 aliphatic carbocycles. The van der Waals surface area contributed by atoms with Crippen molar-refractivity contribution < 1.29 is 29.1 Å². The van der Waals surface area contributed by atoms with Crippen molar-refractivity contribution in [2.75, 3.05) is 13.2 Å². The molecule has 1 heterocycles. The van der Waals surface area contributed by atoms with Crippen molar-refractivity contribution in [3.63, 3.8) is 0 Å². The van der Waals surface area contributed by atoms with Gasteiger partial charge in [0.25, 0.3) is 0 Å². The Kier molecular flexibility index (Phi) is 4.64. The van der Waals surface area contributed by atoms with Crippen molar-refractivity contribution >= 4 is 17.5 Å². The van der Waals surface area contributed by atoms with Gasteiger partial charge < -0.3 is 9.84 Å². The zero-order chi connectivity index (χ0) is 22.2. The number of ether oxygens (including phenoxy) is 1. The molecule has 3 saturated carbocycles. The fourth-order valence-electron chi connectivity index (χ4n) is 8.03. The molecule has 5 aliphatic rings. The lowest BCUT2D eigenvalue weighted by molar-refractivity contribution is -0.200. The highest BCUT2D eigenvalue weighted by atomic mass is 16.7. The molecule has 0 amide bonds. The van der Waals surface area contributed by atoms with Crippen LogP contribution < -0.4 is 5.48 Å². The lowest BCUT2D eigenvalue weighted by Crippen LogP contribution is -2.63. The van der Waals surface area contributed by atoms with Crippen LogP contribution in [0.5, 0.6) is 0 Å². The summed E-state index contributed by atoms with van der Waals surface area (Å²) in [7, 11) is 0. The summed E-state index contributed by atoms with van der Waals surface area (Å²) in [5.41, 5.74) is 2.04. The Morgan fingerprint density at radius 1 is 1.35 bits per heavy atom. The summed E-state index contributed by atoms with van der Waals surface area (Å²) in [6.45, 7) is 5.77. The Morgan fingerprint density at radius 2 is 2.13 bits per heavy atom. The van der Waals surface area contributed by atoms with E-state index in [4.69, 9.17) is 9.57 Å². The van der Waals surface area contributed by atoms with Crippen LogP contribution in [0.2, 0.25) is 0 Å². The van der Waals surface area contributed by atoms with E-state index in [9.17, 15) is 19.5 Å². The number of ketones is 2. The normalized spacial score (nSPS) is 47.7. The van der Waals surface area contributed by atoms with Gasteiger partial charge in [-0.25, -0.2) is 5.48 Å². The minimum Gasteiger partial charge on any atom is -0.458 e. The first-order valence-electron chi connectivity index (χ1n) is 11.3. The SMILES string of the molecule is CC(=O)OCC(=O)[C@@]12ONC[C@@H]1CC1C3CCC4=CC(=O)C=C[C@]4(C)C3[C@@H](O)C[C@@]12C. The monoisotopic (exact) mass is 429 g/mol. The van der Waals surface area contributed by atoms with Gasteiger partial charge in [0.15, 0.2) is 18.0 Å². The third kappa shape index (κ3) is 2.66. The van der Waals surface area contributed by atoms with Gasteiger partial charge in [-0.3, -0.25) is 19.2 Å². The number of aliphatic hydroxyl groups is 1. The second-order valence-corrected chi connectivity index (χ2v) is 10.5. The number of Topliss-reactive ketones (excluding diaryl/α,β-unsaturated/α-hetero) is 1. The summed E-state index contributed by atoms with van der Waals surface area (Å²) in [6, 6.07) is 0. The number of esters is 1. The molecule has 8 atom stereocenters. The number of rotatable bonds is 3. The van der Waals surface area contributed by atoms with Crippen LogP contribution in [0, 0.1) is 34.5 Å². The second kappa shape index (κ2) is 6.83. The van der Waals surface area contributed by atoms with Crippen LogP contribution in [0.1, 0.15) is 46.5 Å². The molecule has 0 aromatic heterocycles. The van der Waals surface area contributed by atoms with Gasteiger partial charge in [0.2, 0.25) is 5.78 Å². The molecule has 0 aromatic rings. The standard InChI is InChI=1S/C24H31NO6/c1-13(26)30-12-20(29)24-15(11-25-31-24)9-18-17-5-4-14-8-16(27)6-7-22(14,2)21(17)19(28)10-23(18,24)3/h6-8,15,17-19,21,25,28H,4-5,9-12H2,1-3H3/t15-,17?,18?,19-,21?,22-,23-,24-/m0/s1. The van der Waals surface area contributed by atoms with Gasteiger partial charge in [-0.15, -0.1) is 0 Å². The van der Waals surface area contributed by atoms with Gasteiger partial charge in [0.1, 0.15) is 0 Å². The number of nitrogens with one attached hydrogen (secondary N) is 1. The van der Waals surface area contributed by atoms with Crippen LogP contribution in [0.4, 0.5) is 0 Å². The quantitative estimate of drug-likeness (QED) is 0.661. The van der Waals surface area contributed by atoms with E-state index in [-0.39, 0.29) is 47.3 Å². The van der Waals surface area contributed by atoms with Gasteiger partial charge in [0, 0.05) is 36.1 Å². The molecule has 7 heteroatoms. The van der Waals surface area contributed by atoms with Gasteiger partial charge in [-0.1, -0.05) is 25.5 Å². The number of hydrogen-bond acceptors (Lipinski definition) is 7. The lowest BCUT2D eigenvalue weighted by Gasteiger charge is -2.59. The number of hydroxylamine groups is 1. The van der Waals surface area contributed by atoms with Crippen molar-refractivity contribution in [1.82, 2.24) is 5.48 Å². The van der Waals surface area contributed by atoms with Crippen molar-refractivity contribution in [2.45, 2.75) is 58.2 Å². The van der Waals surface area contributed by atoms with E-state index >= 15 is 0 Å². The summed E-state index contributed by atoms with van der Waals surface area (Å²) in [5.74, 6) is -0.286. The van der Waals surface area contributed by atoms with E-state index in [1.807, 2.05) is 6.08 Å². The Morgan fingerprint density at radius 3 is 2.87 bits per heavy atom. The number of allylic oxidation sites excluding steroid dienone is 4. The summed E-state index contributed by atoms with van der Waals surface area (Å²) in [5, 5.41) is 11.5. The molecule has 5 rings (SSSR count). The van der Waals surface area contributed by atoms with Crippen LogP contribution in [-0.4, -0.2) is 47.5 Å². The highest BCUT2D eigenvalue weighted by Crippen LogP contribution is 2.69. The summed E-state index contributed by atoms with van der Waals surface area (Å²) < 4.78 is 5.07. The molecule has 7 nitrogen and oxygen atoms in total. The predicted molar refractivity (Wildman–Crippen MR) is 110 cm³/mol. The van der Waals surface area contributed by atoms with E-state index < -0.39 is 23.1 Å². The fraction of sp³-hybridized carbons (Fsp3) is 0.708. The number of carbonyl (C=O) groups excluding carboxylic acids is 3. The molecular formula is C24H31NO6. The summed E-state index contributed by atoms with van der Waals surface area (Å²) in [6.07, 6.45) is 7.73. The maximum Gasteiger partial charge on any atom is 0.303 e. The third-order valence-electron chi connectivity index (χ3n) is 9.23. The molecule has 4 fully saturated rings. The highest BCUT2D eigenvalue weighted by Gasteiger charge is 2.74. The second-order valence-electron chi connectivity index (χ2n) is 10.5. The van der Waals surface area contributed by atoms with Crippen molar-refractivity contribution in [3.8, 4) is 0 Å². The smallest absolute Gasteiger partial charge is 0.303 e. The van der Waals surface area contributed by atoms with Crippen LogP contribution in [-0.2, 0) is 24.0 Å². The Balaban J connectivity index is 1.53. The molecule has 0 radical (unpaired) electrons. The molecule has 1 aliphatic heterocycles. The Labute approximate surface area is 182 Å². The van der Waals surface area contributed by atoms with E-state index in [2.05, 4.69) is 19.3 Å². The number of aliphatic hydroxyl groups excluding tert-OH is 1. The zero-order valence-corrected chi connectivity index (χ0v) is 18.3. The maximum absolute atomic E-state index is 13.4. The van der Waals surface area contributed by atoms with Crippen molar-refractivity contribution in [2.24, 2.45) is 34.5 Å². The first-order chi connectivity index (χ1) is 14.6. The minimum absolute atomic E-state index is 0.00216. The first-order valence-corrected chi connectivity index (χ1v) is 11.3. The average molecular weight is 430 g/mol. The van der Waals surface area contributed by atoms with Crippen molar-refractivity contribution in [1.29, 1.82) is 0 Å². The first kappa shape index (κ1) is 21.0. The van der Waals surface area contributed by atoms with Crippen LogP contribution in [0.3, 0.4) is 0 Å². The number of carbonyl (C=O) groups is 3. The fourth-order valence-corrected chi connectivity index (χ4v) is 8.03. The molecule has 168 valence electrons. The topological polar surface area (TPSA) is 102 Å². The largest absolute Gasteiger partial charge is 0.458 e. The van der Waals surface area contributed by atoms with E-state index in [0.717, 1.165) is 24.8 Å². The number of hydrogen-bond donors (Lipinski definition) is 2. The van der Waals surface area contributed by atoms with Gasteiger partial charge in [-0.2, -0.15) is 0 Å².